The first kappa shape index (κ1) is 19.9. The van der Waals surface area contributed by atoms with E-state index in [9.17, 15) is 4.79 Å². The summed E-state index contributed by atoms with van der Waals surface area (Å²) in [6.45, 7) is 5.43. The van der Waals surface area contributed by atoms with Gasteiger partial charge in [0.25, 0.3) is 0 Å². The molecule has 0 saturated heterocycles. The molecule has 7 heteroatoms. The topological polar surface area (TPSA) is 59.7 Å². The van der Waals surface area contributed by atoms with Crippen LogP contribution in [0.2, 0.25) is 0 Å². The van der Waals surface area contributed by atoms with Crippen LogP contribution in [0.25, 0.3) is 16.6 Å². The summed E-state index contributed by atoms with van der Waals surface area (Å²) in [6.07, 6.45) is 0.900. The van der Waals surface area contributed by atoms with Gasteiger partial charge in [-0.25, -0.2) is 0 Å². The number of rotatable bonds is 4. The fourth-order valence-electron chi connectivity index (χ4n) is 4.26. The molecular formula is C24H24N4O2S. The molecular weight excluding hydrogens is 408 g/mol. The van der Waals surface area contributed by atoms with Crippen LogP contribution in [0.15, 0.2) is 53.7 Å². The number of carbonyl (C=O) groups is 1. The third kappa shape index (κ3) is 3.53. The maximum absolute atomic E-state index is 13.2. The van der Waals surface area contributed by atoms with Gasteiger partial charge in [-0.3, -0.25) is 9.20 Å². The molecule has 1 aliphatic rings. The number of aromatic nitrogens is 3. The van der Waals surface area contributed by atoms with Crippen LogP contribution in [0.4, 0.5) is 0 Å². The Morgan fingerprint density at radius 3 is 2.74 bits per heavy atom. The van der Waals surface area contributed by atoms with Gasteiger partial charge in [0.05, 0.1) is 17.9 Å². The first-order valence-electron chi connectivity index (χ1n) is 10.4. The number of hydrogen-bond donors (Lipinski definition) is 0. The summed E-state index contributed by atoms with van der Waals surface area (Å²) < 4.78 is 7.45. The Hall–Kier alpha value is -3.06. The largest absolute Gasteiger partial charge is 0.497 e. The highest BCUT2D eigenvalue weighted by molar-refractivity contribution is 8.00. The van der Waals surface area contributed by atoms with Crippen molar-refractivity contribution in [1.82, 2.24) is 19.5 Å². The minimum Gasteiger partial charge on any atom is -0.497 e. The number of ether oxygens (including phenoxy) is 1. The van der Waals surface area contributed by atoms with Crippen molar-refractivity contribution in [2.45, 2.75) is 37.2 Å². The van der Waals surface area contributed by atoms with Gasteiger partial charge in [-0.2, -0.15) is 0 Å². The molecule has 0 N–H and O–H groups in total. The number of fused-ring (bicyclic) bond motifs is 4. The van der Waals surface area contributed by atoms with Crippen LogP contribution in [0.1, 0.15) is 23.6 Å². The van der Waals surface area contributed by atoms with Crippen molar-refractivity contribution in [3.8, 4) is 5.75 Å². The monoisotopic (exact) mass is 432 g/mol. The smallest absolute Gasteiger partial charge is 0.236 e. The zero-order valence-corrected chi connectivity index (χ0v) is 18.6. The molecule has 4 aromatic rings. The quantitative estimate of drug-likeness (QED) is 0.451. The molecule has 1 aliphatic heterocycles. The van der Waals surface area contributed by atoms with Gasteiger partial charge in [0.1, 0.15) is 5.75 Å². The van der Waals surface area contributed by atoms with Gasteiger partial charge >= 0.3 is 0 Å². The minimum atomic E-state index is -0.264. The molecule has 0 radical (unpaired) electrons. The van der Waals surface area contributed by atoms with E-state index in [4.69, 9.17) is 4.74 Å². The van der Waals surface area contributed by atoms with Crippen LogP contribution in [0, 0.1) is 6.92 Å². The number of benzene rings is 2. The molecule has 31 heavy (non-hydrogen) atoms. The average molecular weight is 433 g/mol. The van der Waals surface area contributed by atoms with Crippen LogP contribution in [0.5, 0.6) is 5.75 Å². The summed E-state index contributed by atoms with van der Waals surface area (Å²) in [5, 5.41) is 10.3. The first-order valence-corrected chi connectivity index (χ1v) is 11.3. The Labute approximate surface area is 185 Å². The predicted molar refractivity (Wildman–Crippen MR) is 123 cm³/mol. The second-order valence-corrected chi connectivity index (χ2v) is 9.23. The summed E-state index contributed by atoms with van der Waals surface area (Å²) >= 11 is 1.45. The fraction of sp³-hybridized carbons (Fsp3) is 0.292. The Balaban J connectivity index is 1.45. The molecule has 1 atom stereocenters. The highest BCUT2D eigenvalue weighted by Crippen LogP contribution is 2.31. The lowest BCUT2D eigenvalue weighted by atomic mass is 10.00. The van der Waals surface area contributed by atoms with Gasteiger partial charge in [-0.15, -0.1) is 10.2 Å². The van der Waals surface area contributed by atoms with Crippen molar-refractivity contribution >= 4 is 34.2 Å². The number of carbonyl (C=O) groups excluding carboxylic acids is 1. The number of amides is 1. The second-order valence-electron chi connectivity index (χ2n) is 7.93. The second kappa shape index (κ2) is 7.89. The van der Waals surface area contributed by atoms with Crippen molar-refractivity contribution < 1.29 is 9.53 Å². The molecule has 158 valence electrons. The van der Waals surface area contributed by atoms with E-state index < -0.39 is 0 Å². The zero-order valence-electron chi connectivity index (χ0n) is 17.8. The third-order valence-electron chi connectivity index (χ3n) is 5.95. The molecule has 0 spiro atoms. The van der Waals surface area contributed by atoms with E-state index in [0.29, 0.717) is 11.7 Å². The summed E-state index contributed by atoms with van der Waals surface area (Å²) in [6, 6.07) is 16.4. The highest BCUT2D eigenvalue weighted by Gasteiger charge is 2.26. The van der Waals surface area contributed by atoms with E-state index in [1.165, 1.54) is 22.9 Å². The number of aryl methyl sites for hydroxylation is 1. The molecule has 2 aromatic carbocycles. The maximum Gasteiger partial charge on any atom is 0.236 e. The van der Waals surface area contributed by atoms with Gasteiger partial charge < -0.3 is 9.64 Å². The minimum absolute atomic E-state index is 0.130. The number of hydrogen-bond acceptors (Lipinski definition) is 5. The van der Waals surface area contributed by atoms with Crippen LogP contribution in [-0.4, -0.2) is 44.3 Å². The predicted octanol–water partition coefficient (Wildman–Crippen LogP) is 4.27. The van der Waals surface area contributed by atoms with Crippen molar-refractivity contribution in [2.75, 3.05) is 13.7 Å². The van der Waals surface area contributed by atoms with Crippen LogP contribution in [0.3, 0.4) is 0 Å². The first-order chi connectivity index (χ1) is 15.0. The van der Waals surface area contributed by atoms with E-state index >= 15 is 0 Å². The number of thioether (sulfide) groups is 1. The van der Waals surface area contributed by atoms with E-state index in [2.05, 4.69) is 41.4 Å². The van der Waals surface area contributed by atoms with E-state index in [0.717, 1.165) is 40.8 Å². The Kier molecular flexibility index (Phi) is 5.06. The Morgan fingerprint density at radius 2 is 1.94 bits per heavy atom. The van der Waals surface area contributed by atoms with Crippen molar-refractivity contribution in [3.05, 3.63) is 65.2 Å². The lowest BCUT2D eigenvalue weighted by Gasteiger charge is -2.30. The van der Waals surface area contributed by atoms with E-state index in [-0.39, 0.29) is 11.2 Å². The standard InChI is InChI=1S/C24H24N4O2S/c1-15-12-22-25-26-24(28(22)21-13-19(30-3)8-9-20(15)21)31-16(2)23(29)27-11-10-17-6-4-5-7-18(17)14-27/h4-9,12-13,16H,10-11,14H2,1-3H3/t16-/m1/s1. The lowest BCUT2D eigenvalue weighted by molar-refractivity contribution is -0.131. The third-order valence-corrected chi connectivity index (χ3v) is 6.98. The SMILES string of the molecule is COc1ccc2c(C)cc3nnc(S[C@H](C)C(=O)N4CCc5ccccc5C4)n3c2c1. The van der Waals surface area contributed by atoms with Crippen LogP contribution in [-0.2, 0) is 17.8 Å². The van der Waals surface area contributed by atoms with Crippen molar-refractivity contribution in [1.29, 1.82) is 0 Å². The Bertz CT molecular complexity index is 1300. The molecule has 3 heterocycles. The molecule has 0 saturated carbocycles. The fourth-order valence-corrected chi connectivity index (χ4v) is 5.21. The normalized spacial score (nSPS) is 14.6. The van der Waals surface area contributed by atoms with Gasteiger partial charge in [-0.05, 0) is 55.2 Å². The number of methoxy groups -OCH3 is 1. The molecule has 5 rings (SSSR count). The van der Waals surface area contributed by atoms with E-state index in [1.807, 2.05) is 40.5 Å². The van der Waals surface area contributed by atoms with Gasteiger partial charge in [0, 0.05) is 24.5 Å². The molecule has 2 aromatic heterocycles. The maximum atomic E-state index is 13.2. The van der Waals surface area contributed by atoms with Gasteiger partial charge in [0.15, 0.2) is 10.8 Å². The van der Waals surface area contributed by atoms with Crippen molar-refractivity contribution in [2.24, 2.45) is 0 Å². The molecule has 1 amide bonds. The average Bonchev–Trinajstić information content (AvgIpc) is 3.20. The molecule has 6 nitrogen and oxygen atoms in total. The molecule has 0 aliphatic carbocycles. The number of pyridine rings is 1. The summed E-state index contributed by atoms with van der Waals surface area (Å²) in [5.74, 6) is 0.908. The van der Waals surface area contributed by atoms with Crippen LogP contribution >= 0.6 is 11.8 Å². The Morgan fingerprint density at radius 1 is 1.13 bits per heavy atom. The van der Waals surface area contributed by atoms with E-state index in [1.54, 1.807) is 7.11 Å². The summed E-state index contributed by atoms with van der Waals surface area (Å²) in [7, 11) is 1.66. The summed E-state index contributed by atoms with van der Waals surface area (Å²) in [4.78, 5) is 15.2. The van der Waals surface area contributed by atoms with Crippen molar-refractivity contribution in [3.63, 3.8) is 0 Å². The zero-order chi connectivity index (χ0) is 21.5. The molecule has 0 bridgehead atoms. The lowest BCUT2D eigenvalue weighted by Crippen LogP contribution is -2.40. The molecule has 0 unspecified atom stereocenters. The number of nitrogens with zero attached hydrogens (tertiary/aromatic N) is 4. The van der Waals surface area contributed by atoms with Gasteiger partial charge in [0.2, 0.25) is 5.91 Å². The van der Waals surface area contributed by atoms with Gasteiger partial charge in [-0.1, -0.05) is 36.0 Å². The highest BCUT2D eigenvalue weighted by atomic mass is 32.2. The summed E-state index contributed by atoms with van der Waals surface area (Å²) in [5.41, 5.74) is 5.46. The molecule has 0 fully saturated rings. The van der Waals surface area contributed by atoms with Crippen LogP contribution < -0.4 is 4.74 Å².